The molecule has 0 spiro atoms. The Bertz CT molecular complexity index is 500. The van der Waals surface area contributed by atoms with E-state index in [0.717, 1.165) is 22.9 Å². The molecule has 18 heavy (non-hydrogen) atoms. The zero-order valence-electron chi connectivity index (χ0n) is 9.55. The minimum Gasteiger partial charge on any atom is -0.478 e. The van der Waals surface area contributed by atoms with Crippen molar-refractivity contribution in [3.8, 4) is 0 Å². The molecular weight excluding hydrogens is 256 g/mol. The molecule has 6 heteroatoms. The minimum atomic E-state index is -0.992. The van der Waals surface area contributed by atoms with Gasteiger partial charge in [0.1, 0.15) is 0 Å². The van der Waals surface area contributed by atoms with Gasteiger partial charge in [0.05, 0.1) is 18.7 Å². The van der Waals surface area contributed by atoms with E-state index >= 15 is 0 Å². The number of rotatable bonds is 2. The second-order valence-electron chi connectivity index (χ2n) is 3.87. The normalized spacial score (nSPS) is 14.8. The first-order valence-corrected chi connectivity index (χ1v) is 5.26. The smallest absolute Gasteiger partial charge is 0.328 e. The molecular formula is C12H13ClN2O3. The molecule has 96 valence electrons. The van der Waals surface area contributed by atoms with Crippen molar-refractivity contribution in [2.75, 3.05) is 6.54 Å². The topological polar surface area (TPSA) is 79.3 Å². The molecule has 0 atom stereocenters. The monoisotopic (exact) mass is 268 g/mol. The molecule has 0 aromatic carbocycles. The summed E-state index contributed by atoms with van der Waals surface area (Å²) in [7, 11) is 0. The number of carbonyl (C=O) groups is 2. The first-order valence-electron chi connectivity index (χ1n) is 5.26. The molecule has 1 aromatic heterocycles. The van der Waals surface area contributed by atoms with E-state index in [1.807, 2.05) is 6.07 Å². The second-order valence-corrected chi connectivity index (χ2v) is 3.87. The first-order chi connectivity index (χ1) is 8.15. The molecule has 1 aromatic rings. The van der Waals surface area contributed by atoms with Crippen LogP contribution in [0.5, 0.6) is 0 Å². The van der Waals surface area contributed by atoms with Crippen molar-refractivity contribution in [2.24, 2.45) is 0 Å². The molecule has 5 nitrogen and oxygen atoms in total. The van der Waals surface area contributed by atoms with Crippen LogP contribution >= 0.6 is 12.4 Å². The molecule has 0 fully saturated rings. The van der Waals surface area contributed by atoms with Crippen molar-refractivity contribution in [1.82, 2.24) is 10.3 Å². The Morgan fingerprint density at radius 1 is 1.44 bits per heavy atom. The highest BCUT2D eigenvalue weighted by Gasteiger charge is 2.14. The Morgan fingerprint density at radius 3 is 2.94 bits per heavy atom. The van der Waals surface area contributed by atoms with Crippen LogP contribution < -0.4 is 5.32 Å². The van der Waals surface area contributed by atoms with Crippen LogP contribution in [0.15, 0.2) is 18.3 Å². The minimum absolute atomic E-state index is 0. The maximum Gasteiger partial charge on any atom is 0.328 e. The highest BCUT2D eigenvalue weighted by molar-refractivity contribution is 5.86. The summed E-state index contributed by atoms with van der Waals surface area (Å²) < 4.78 is 0. The van der Waals surface area contributed by atoms with Crippen LogP contribution in [0.1, 0.15) is 16.8 Å². The van der Waals surface area contributed by atoms with Gasteiger partial charge in [-0.25, -0.2) is 4.79 Å². The number of carboxylic acids is 1. The van der Waals surface area contributed by atoms with Crippen molar-refractivity contribution in [2.45, 2.75) is 13.0 Å². The van der Waals surface area contributed by atoms with Gasteiger partial charge < -0.3 is 10.4 Å². The number of pyridine rings is 1. The standard InChI is InChI=1S/C12H12N2O3.ClH/c15-10-4-11-9(6-13-7-10)3-8(5-14-11)1-2-12(16)17;/h1-3,5,13H,4,6-7H2,(H,16,17);1H/b2-1+;. The Labute approximate surface area is 110 Å². The Morgan fingerprint density at radius 2 is 2.22 bits per heavy atom. The number of hydrogen-bond donors (Lipinski definition) is 2. The average Bonchev–Trinajstić information content (AvgIpc) is 2.46. The number of nitrogens with one attached hydrogen (secondary N) is 1. The Balaban J connectivity index is 0.00000162. The van der Waals surface area contributed by atoms with Gasteiger partial charge in [0.15, 0.2) is 5.78 Å². The van der Waals surface area contributed by atoms with Gasteiger partial charge in [-0.05, 0) is 23.3 Å². The van der Waals surface area contributed by atoms with E-state index in [4.69, 9.17) is 5.11 Å². The van der Waals surface area contributed by atoms with Crippen molar-refractivity contribution >= 4 is 30.2 Å². The molecule has 0 saturated heterocycles. The molecule has 2 N–H and O–H groups in total. The van der Waals surface area contributed by atoms with Crippen LogP contribution in [-0.4, -0.2) is 28.4 Å². The molecule has 2 heterocycles. The number of carboxylic acid groups (broad SMARTS) is 1. The number of nitrogens with zero attached hydrogens (tertiary/aromatic N) is 1. The third kappa shape index (κ3) is 3.65. The van der Waals surface area contributed by atoms with E-state index in [1.165, 1.54) is 6.08 Å². The first kappa shape index (κ1) is 14.3. The summed E-state index contributed by atoms with van der Waals surface area (Å²) in [5.41, 5.74) is 2.44. The maximum absolute atomic E-state index is 11.4. The predicted molar refractivity (Wildman–Crippen MR) is 68.6 cm³/mol. The van der Waals surface area contributed by atoms with Gasteiger partial charge in [0.2, 0.25) is 0 Å². The van der Waals surface area contributed by atoms with Crippen LogP contribution in [0.2, 0.25) is 0 Å². The van der Waals surface area contributed by atoms with E-state index < -0.39 is 5.97 Å². The van der Waals surface area contributed by atoms with Gasteiger partial charge in [-0.2, -0.15) is 0 Å². The lowest BCUT2D eigenvalue weighted by molar-refractivity contribution is -0.131. The van der Waals surface area contributed by atoms with Crippen molar-refractivity contribution in [3.05, 3.63) is 35.2 Å². The lowest BCUT2D eigenvalue weighted by atomic mass is 10.1. The fraction of sp³-hybridized carbons (Fsp3) is 0.250. The van der Waals surface area contributed by atoms with Gasteiger partial charge in [0.25, 0.3) is 0 Å². The van der Waals surface area contributed by atoms with Crippen LogP contribution in [-0.2, 0) is 22.6 Å². The van der Waals surface area contributed by atoms with E-state index in [2.05, 4.69) is 10.3 Å². The molecule has 0 saturated carbocycles. The quantitative estimate of drug-likeness (QED) is 0.776. The summed E-state index contributed by atoms with van der Waals surface area (Å²) in [6.45, 7) is 0.944. The number of ketones is 1. The predicted octanol–water partition coefficient (Wildman–Crippen LogP) is 0.816. The lowest BCUT2D eigenvalue weighted by Gasteiger charge is -2.04. The third-order valence-corrected chi connectivity index (χ3v) is 2.50. The van der Waals surface area contributed by atoms with Gasteiger partial charge >= 0.3 is 5.97 Å². The van der Waals surface area contributed by atoms with E-state index in [1.54, 1.807) is 6.20 Å². The fourth-order valence-electron chi connectivity index (χ4n) is 1.71. The molecule has 1 aliphatic heterocycles. The Kier molecular flexibility index (Phi) is 5.00. The zero-order chi connectivity index (χ0) is 12.3. The number of aliphatic carboxylic acids is 1. The molecule has 0 amide bonds. The number of hydrogen-bond acceptors (Lipinski definition) is 4. The molecule has 0 unspecified atom stereocenters. The lowest BCUT2D eigenvalue weighted by Crippen LogP contribution is -2.19. The number of Topliss-reactive ketones (excluding diaryl/α,β-unsaturated/α-hetero) is 1. The summed E-state index contributed by atoms with van der Waals surface area (Å²) in [6, 6.07) is 1.85. The van der Waals surface area contributed by atoms with Crippen molar-refractivity contribution in [1.29, 1.82) is 0 Å². The second kappa shape index (κ2) is 6.28. The van der Waals surface area contributed by atoms with Crippen LogP contribution in [0.25, 0.3) is 6.08 Å². The molecule has 2 rings (SSSR count). The molecule has 0 aliphatic carbocycles. The fourth-order valence-corrected chi connectivity index (χ4v) is 1.71. The van der Waals surface area contributed by atoms with Crippen LogP contribution in [0.3, 0.4) is 0 Å². The number of halogens is 1. The highest BCUT2D eigenvalue weighted by Crippen LogP contribution is 2.13. The van der Waals surface area contributed by atoms with Gasteiger partial charge in [-0.3, -0.25) is 9.78 Å². The SMILES string of the molecule is Cl.O=C(O)/C=C/c1cnc2c(c1)CNCC(=O)C2. The van der Waals surface area contributed by atoms with Crippen LogP contribution in [0.4, 0.5) is 0 Å². The van der Waals surface area contributed by atoms with Gasteiger partial charge in [-0.15, -0.1) is 12.4 Å². The van der Waals surface area contributed by atoms with Crippen molar-refractivity contribution < 1.29 is 14.7 Å². The number of fused-ring (bicyclic) bond motifs is 1. The highest BCUT2D eigenvalue weighted by atomic mass is 35.5. The van der Waals surface area contributed by atoms with Gasteiger partial charge in [0, 0.05) is 18.8 Å². The average molecular weight is 269 g/mol. The Hall–Kier alpha value is -1.72. The number of aromatic nitrogens is 1. The zero-order valence-corrected chi connectivity index (χ0v) is 10.4. The summed E-state index contributed by atoms with van der Waals surface area (Å²) in [5, 5.41) is 11.5. The molecule has 1 aliphatic rings. The van der Waals surface area contributed by atoms with Crippen molar-refractivity contribution in [3.63, 3.8) is 0 Å². The van der Waals surface area contributed by atoms with Gasteiger partial charge in [-0.1, -0.05) is 0 Å². The molecule has 0 bridgehead atoms. The summed E-state index contributed by atoms with van der Waals surface area (Å²) >= 11 is 0. The van der Waals surface area contributed by atoms with E-state index in [9.17, 15) is 9.59 Å². The van der Waals surface area contributed by atoms with E-state index in [-0.39, 0.29) is 18.2 Å². The maximum atomic E-state index is 11.4. The largest absolute Gasteiger partial charge is 0.478 e. The number of carbonyl (C=O) groups excluding carboxylic acids is 1. The summed E-state index contributed by atoms with van der Waals surface area (Å²) in [4.78, 5) is 25.9. The summed E-state index contributed by atoms with van der Waals surface area (Å²) in [6.07, 6.45) is 4.48. The third-order valence-electron chi connectivity index (χ3n) is 2.50. The van der Waals surface area contributed by atoms with E-state index in [0.29, 0.717) is 19.5 Å². The summed E-state index contributed by atoms with van der Waals surface area (Å²) in [5.74, 6) is -0.877. The van der Waals surface area contributed by atoms with Crippen LogP contribution in [0, 0.1) is 0 Å². The molecule has 0 radical (unpaired) electrons.